The Morgan fingerprint density at radius 1 is 1.42 bits per heavy atom. The minimum atomic E-state index is -0.389. The zero-order chi connectivity index (χ0) is 14.0. The molecule has 104 valence electrons. The van der Waals surface area contributed by atoms with Crippen LogP contribution in [0.25, 0.3) is 0 Å². The minimum absolute atomic E-state index is 0.0841. The number of nitro groups is 1. The molecule has 1 aliphatic rings. The van der Waals surface area contributed by atoms with E-state index in [1.165, 1.54) is 0 Å². The number of nitrogens with zero attached hydrogens (tertiary/aromatic N) is 3. The number of aromatic nitrogens is 1. The second-order valence-corrected chi connectivity index (χ2v) is 5.33. The highest BCUT2D eigenvalue weighted by Crippen LogP contribution is 2.26. The van der Waals surface area contributed by atoms with Crippen molar-refractivity contribution in [1.29, 1.82) is 0 Å². The van der Waals surface area contributed by atoms with Crippen molar-refractivity contribution in [2.45, 2.75) is 32.2 Å². The van der Waals surface area contributed by atoms with Crippen molar-refractivity contribution in [2.24, 2.45) is 0 Å². The summed E-state index contributed by atoms with van der Waals surface area (Å²) < 4.78 is 0. The third kappa shape index (κ3) is 2.84. The molecule has 1 saturated heterocycles. The van der Waals surface area contributed by atoms with Gasteiger partial charge in [0.15, 0.2) is 0 Å². The Balaban J connectivity index is 2.12. The lowest BCUT2D eigenvalue weighted by Crippen LogP contribution is -2.50. The first-order valence-corrected chi connectivity index (χ1v) is 6.51. The molecule has 0 atom stereocenters. The summed E-state index contributed by atoms with van der Waals surface area (Å²) >= 11 is 0. The summed E-state index contributed by atoms with van der Waals surface area (Å²) in [6.45, 7) is 5.74. The van der Waals surface area contributed by atoms with Crippen molar-refractivity contribution >= 4 is 11.5 Å². The topological polar surface area (TPSA) is 71.3 Å². The molecule has 0 amide bonds. The van der Waals surface area contributed by atoms with Crippen LogP contribution in [0.15, 0.2) is 12.1 Å². The monoisotopic (exact) mass is 264 g/mol. The normalized spacial score (nSPS) is 18.4. The summed E-state index contributed by atoms with van der Waals surface area (Å²) in [5.74, 6) is 0.834. The quantitative estimate of drug-likeness (QED) is 0.666. The van der Waals surface area contributed by atoms with E-state index in [9.17, 15) is 10.1 Å². The fourth-order valence-electron chi connectivity index (χ4n) is 2.39. The van der Waals surface area contributed by atoms with Crippen molar-refractivity contribution in [3.63, 3.8) is 0 Å². The van der Waals surface area contributed by atoms with E-state index in [1.54, 1.807) is 19.1 Å². The minimum Gasteiger partial charge on any atom is -0.356 e. The predicted molar refractivity (Wildman–Crippen MR) is 74.5 cm³/mol. The lowest BCUT2D eigenvalue weighted by Gasteiger charge is -2.39. The zero-order valence-electron chi connectivity index (χ0n) is 11.6. The highest BCUT2D eigenvalue weighted by Gasteiger charge is 2.29. The molecule has 6 heteroatoms. The van der Waals surface area contributed by atoms with Gasteiger partial charge < -0.3 is 10.2 Å². The van der Waals surface area contributed by atoms with Crippen molar-refractivity contribution in [3.05, 3.63) is 27.9 Å². The van der Waals surface area contributed by atoms with Gasteiger partial charge in [-0.25, -0.2) is 4.98 Å². The van der Waals surface area contributed by atoms with Crippen molar-refractivity contribution in [2.75, 3.05) is 25.0 Å². The first-order chi connectivity index (χ1) is 8.95. The molecule has 1 N–H and O–H groups in total. The molecule has 0 spiro atoms. The van der Waals surface area contributed by atoms with Crippen LogP contribution < -0.4 is 10.2 Å². The molecule has 0 radical (unpaired) electrons. The highest BCUT2D eigenvalue weighted by molar-refractivity contribution is 5.47. The third-order valence-electron chi connectivity index (χ3n) is 4.03. The molecular formula is C13H20N4O2. The number of pyridine rings is 1. The Hall–Kier alpha value is -1.69. The van der Waals surface area contributed by atoms with Gasteiger partial charge in [-0.15, -0.1) is 0 Å². The molecule has 2 rings (SSSR count). The predicted octanol–water partition coefficient (Wildman–Crippen LogP) is 1.88. The molecule has 0 bridgehead atoms. The highest BCUT2D eigenvalue weighted by atomic mass is 16.6. The van der Waals surface area contributed by atoms with E-state index in [2.05, 4.69) is 22.1 Å². The number of anilines is 1. The summed E-state index contributed by atoms with van der Waals surface area (Å²) in [4.78, 5) is 16.9. The summed E-state index contributed by atoms with van der Waals surface area (Å²) in [6, 6.07) is 3.29. The molecule has 6 nitrogen and oxygen atoms in total. The molecule has 2 heterocycles. The van der Waals surface area contributed by atoms with Gasteiger partial charge >= 0.3 is 0 Å². The largest absolute Gasteiger partial charge is 0.356 e. The van der Waals surface area contributed by atoms with Gasteiger partial charge in [0.25, 0.3) is 5.69 Å². The lowest BCUT2D eigenvalue weighted by atomic mass is 9.90. The van der Waals surface area contributed by atoms with E-state index < -0.39 is 0 Å². The standard InChI is InChI=1S/C13H20N4O2/c1-10-11(17(18)19)4-5-12(15-10)16-8-6-13(2,14-3)7-9-16/h4-5,14H,6-9H2,1-3H3. The van der Waals surface area contributed by atoms with Crippen molar-refractivity contribution in [1.82, 2.24) is 10.3 Å². The molecule has 0 aromatic carbocycles. The van der Waals surface area contributed by atoms with E-state index in [-0.39, 0.29) is 16.1 Å². The van der Waals surface area contributed by atoms with Crippen LogP contribution >= 0.6 is 0 Å². The Kier molecular flexibility index (Phi) is 3.71. The maximum absolute atomic E-state index is 10.8. The van der Waals surface area contributed by atoms with Crippen molar-refractivity contribution in [3.8, 4) is 0 Å². The maximum atomic E-state index is 10.8. The first kappa shape index (κ1) is 13.7. The van der Waals surface area contributed by atoms with E-state index in [4.69, 9.17) is 0 Å². The molecule has 1 aromatic heterocycles. The number of hydrogen-bond donors (Lipinski definition) is 1. The molecule has 1 aromatic rings. The number of aryl methyl sites for hydroxylation is 1. The van der Waals surface area contributed by atoms with Crippen LogP contribution in [0, 0.1) is 17.0 Å². The van der Waals surface area contributed by atoms with Gasteiger partial charge in [-0.2, -0.15) is 0 Å². The Labute approximate surface area is 113 Å². The van der Waals surface area contributed by atoms with Crippen LogP contribution in [0.3, 0.4) is 0 Å². The van der Waals surface area contributed by atoms with Gasteiger partial charge in [0.2, 0.25) is 0 Å². The van der Waals surface area contributed by atoms with Crippen LogP contribution in [-0.4, -0.2) is 35.6 Å². The summed E-state index contributed by atoms with van der Waals surface area (Å²) in [5.41, 5.74) is 0.747. The molecule has 19 heavy (non-hydrogen) atoms. The fraction of sp³-hybridized carbons (Fsp3) is 0.615. The third-order valence-corrected chi connectivity index (χ3v) is 4.03. The van der Waals surface area contributed by atoms with E-state index in [0.717, 1.165) is 31.7 Å². The van der Waals surface area contributed by atoms with Crippen molar-refractivity contribution < 1.29 is 4.92 Å². The molecule has 0 aliphatic carbocycles. The van der Waals surface area contributed by atoms with Gasteiger partial charge in [-0.3, -0.25) is 10.1 Å². The van der Waals surface area contributed by atoms with Crippen LogP contribution in [0.2, 0.25) is 0 Å². The molecule has 0 unspecified atom stereocenters. The molecule has 0 saturated carbocycles. The van der Waals surface area contributed by atoms with Gasteiger partial charge in [0, 0.05) is 24.7 Å². The fourth-order valence-corrected chi connectivity index (χ4v) is 2.39. The second kappa shape index (κ2) is 5.13. The number of piperidine rings is 1. The van der Waals surface area contributed by atoms with Crippen LogP contribution in [0.1, 0.15) is 25.5 Å². The van der Waals surface area contributed by atoms with Gasteiger partial charge in [-0.05, 0) is 39.8 Å². The zero-order valence-corrected chi connectivity index (χ0v) is 11.6. The molecular weight excluding hydrogens is 244 g/mol. The summed E-state index contributed by atoms with van der Waals surface area (Å²) in [5, 5.41) is 14.1. The Morgan fingerprint density at radius 3 is 2.53 bits per heavy atom. The van der Waals surface area contributed by atoms with Crippen LogP contribution in [0.4, 0.5) is 11.5 Å². The van der Waals surface area contributed by atoms with Gasteiger partial charge in [0.1, 0.15) is 11.5 Å². The Morgan fingerprint density at radius 2 is 2.05 bits per heavy atom. The lowest BCUT2D eigenvalue weighted by molar-refractivity contribution is -0.385. The van der Waals surface area contributed by atoms with E-state index in [0.29, 0.717) is 5.69 Å². The average Bonchev–Trinajstić information content (AvgIpc) is 2.39. The number of rotatable bonds is 3. The summed E-state index contributed by atoms with van der Waals surface area (Å²) in [7, 11) is 1.99. The summed E-state index contributed by atoms with van der Waals surface area (Å²) in [6.07, 6.45) is 2.09. The second-order valence-electron chi connectivity index (χ2n) is 5.33. The average molecular weight is 264 g/mol. The van der Waals surface area contributed by atoms with Crippen LogP contribution in [0.5, 0.6) is 0 Å². The van der Waals surface area contributed by atoms with E-state index in [1.807, 2.05) is 7.05 Å². The van der Waals surface area contributed by atoms with Gasteiger partial charge in [-0.1, -0.05) is 0 Å². The number of hydrogen-bond acceptors (Lipinski definition) is 5. The van der Waals surface area contributed by atoms with Crippen LogP contribution in [-0.2, 0) is 0 Å². The van der Waals surface area contributed by atoms with E-state index >= 15 is 0 Å². The van der Waals surface area contributed by atoms with Gasteiger partial charge in [0.05, 0.1) is 4.92 Å². The smallest absolute Gasteiger partial charge is 0.290 e. The SMILES string of the molecule is CNC1(C)CCN(c2ccc([N+](=O)[O-])c(C)n2)CC1. The molecule has 1 aliphatic heterocycles. The maximum Gasteiger partial charge on any atom is 0.290 e. The number of nitrogens with one attached hydrogen (secondary N) is 1. The first-order valence-electron chi connectivity index (χ1n) is 6.51. The Bertz CT molecular complexity index is 482. The molecule has 1 fully saturated rings.